The second-order valence-corrected chi connectivity index (χ2v) is 3.38. The molecule has 1 saturated carbocycles. The summed E-state index contributed by atoms with van der Waals surface area (Å²) in [6, 6.07) is 0. The Hall–Kier alpha value is -0.670. The molecule has 12 heavy (non-hydrogen) atoms. The van der Waals surface area contributed by atoms with Crippen LogP contribution in [0, 0.1) is 11.8 Å². The van der Waals surface area contributed by atoms with Crippen LogP contribution >= 0.6 is 0 Å². The van der Waals surface area contributed by atoms with Crippen molar-refractivity contribution >= 4 is 5.97 Å². The molecule has 70 valence electrons. The smallest absolute Gasteiger partial charge is 0.306 e. The van der Waals surface area contributed by atoms with Gasteiger partial charge in [-0.3, -0.25) is 4.79 Å². The van der Waals surface area contributed by atoms with Gasteiger partial charge in [0.2, 0.25) is 5.92 Å². The fraction of sp³-hybridized carbons (Fsp3) is 0.875. The van der Waals surface area contributed by atoms with Gasteiger partial charge in [-0.25, -0.2) is 8.78 Å². The number of halogens is 2. The molecule has 1 aliphatic carbocycles. The largest absolute Gasteiger partial charge is 0.481 e. The van der Waals surface area contributed by atoms with Crippen molar-refractivity contribution in [1.82, 2.24) is 0 Å². The van der Waals surface area contributed by atoms with Crippen LogP contribution in [-0.2, 0) is 4.79 Å². The number of carbonyl (C=O) groups is 1. The number of hydrogen-bond donors (Lipinski definition) is 1. The molecule has 0 radical (unpaired) electrons. The molecule has 1 rings (SSSR count). The van der Waals surface area contributed by atoms with Crippen molar-refractivity contribution in [1.29, 1.82) is 0 Å². The van der Waals surface area contributed by atoms with E-state index in [0.717, 1.165) is 0 Å². The molecular weight excluding hydrogens is 166 g/mol. The summed E-state index contributed by atoms with van der Waals surface area (Å²) in [7, 11) is 0. The highest BCUT2D eigenvalue weighted by molar-refractivity contribution is 5.70. The second-order valence-electron chi connectivity index (χ2n) is 3.38. The van der Waals surface area contributed by atoms with Crippen molar-refractivity contribution in [3.8, 4) is 0 Å². The molecule has 1 atom stereocenters. The Bertz CT molecular complexity index is 183. The molecule has 0 aliphatic heterocycles. The van der Waals surface area contributed by atoms with Crippen molar-refractivity contribution in [2.45, 2.75) is 32.1 Å². The molecule has 1 N–H and O–H groups in total. The Labute approximate surface area is 69.6 Å². The zero-order valence-electron chi connectivity index (χ0n) is 6.89. The second kappa shape index (κ2) is 2.99. The summed E-state index contributed by atoms with van der Waals surface area (Å²) in [6.45, 7) is 1.72. The van der Waals surface area contributed by atoms with Crippen LogP contribution in [-0.4, -0.2) is 17.0 Å². The van der Waals surface area contributed by atoms with Crippen LogP contribution in [0.5, 0.6) is 0 Å². The van der Waals surface area contributed by atoms with Crippen molar-refractivity contribution in [2.24, 2.45) is 11.8 Å². The number of rotatable bonds is 3. The van der Waals surface area contributed by atoms with E-state index in [-0.39, 0.29) is 18.8 Å². The topological polar surface area (TPSA) is 37.3 Å². The standard InChI is InChI=1S/C8H12F2O2/c1-2-6(7(11)12)5-3-8(9,10)4-5/h5-6H,2-4H2,1H3,(H,11,12). The third kappa shape index (κ3) is 1.73. The minimum absolute atomic E-state index is 0.252. The van der Waals surface area contributed by atoms with E-state index in [4.69, 9.17) is 5.11 Å². The number of aliphatic carboxylic acids is 1. The molecule has 0 aromatic rings. The molecule has 2 nitrogen and oxygen atoms in total. The first-order chi connectivity index (χ1) is 5.46. The van der Waals surface area contributed by atoms with Gasteiger partial charge in [0.25, 0.3) is 0 Å². The van der Waals surface area contributed by atoms with Crippen LogP contribution in [0.2, 0.25) is 0 Å². The average molecular weight is 178 g/mol. The van der Waals surface area contributed by atoms with Gasteiger partial charge in [-0.1, -0.05) is 6.92 Å². The van der Waals surface area contributed by atoms with Crippen molar-refractivity contribution in [3.63, 3.8) is 0 Å². The zero-order chi connectivity index (χ0) is 9.35. The number of hydrogen-bond acceptors (Lipinski definition) is 1. The normalized spacial score (nSPS) is 24.6. The maximum atomic E-state index is 12.4. The van der Waals surface area contributed by atoms with Crippen LogP contribution in [0.25, 0.3) is 0 Å². The lowest BCUT2D eigenvalue weighted by molar-refractivity contribution is -0.159. The van der Waals surface area contributed by atoms with Crippen LogP contribution in [0.15, 0.2) is 0 Å². The molecular formula is C8H12F2O2. The third-order valence-electron chi connectivity index (χ3n) is 2.45. The van der Waals surface area contributed by atoms with Gasteiger partial charge in [0.15, 0.2) is 0 Å². The molecule has 0 aromatic carbocycles. The molecule has 1 aliphatic rings. The fourth-order valence-corrected chi connectivity index (χ4v) is 1.70. The maximum absolute atomic E-state index is 12.4. The van der Waals surface area contributed by atoms with Gasteiger partial charge in [-0.05, 0) is 12.3 Å². The summed E-state index contributed by atoms with van der Waals surface area (Å²) in [4.78, 5) is 10.5. The molecule has 1 fully saturated rings. The van der Waals surface area contributed by atoms with E-state index in [9.17, 15) is 13.6 Å². The SMILES string of the molecule is CCC(C(=O)O)C1CC(F)(F)C1. The van der Waals surface area contributed by atoms with Gasteiger partial charge in [0, 0.05) is 12.8 Å². The van der Waals surface area contributed by atoms with E-state index in [2.05, 4.69) is 0 Å². The summed E-state index contributed by atoms with van der Waals surface area (Å²) in [5, 5.41) is 8.63. The van der Waals surface area contributed by atoms with Crippen molar-refractivity contribution in [3.05, 3.63) is 0 Å². The van der Waals surface area contributed by atoms with Crippen LogP contribution < -0.4 is 0 Å². The number of carboxylic acids is 1. The Morgan fingerprint density at radius 2 is 2.17 bits per heavy atom. The molecule has 0 spiro atoms. The Morgan fingerprint density at radius 1 is 1.67 bits per heavy atom. The van der Waals surface area contributed by atoms with Gasteiger partial charge in [-0.15, -0.1) is 0 Å². The number of alkyl halides is 2. The van der Waals surface area contributed by atoms with E-state index in [0.29, 0.717) is 6.42 Å². The Morgan fingerprint density at radius 3 is 2.42 bits per heavy atom. The third-order valence-corrected chi connectivity index (χ3v) is 2.45. The van der Waals surface area contributed by atoms with Gasteiger partial charge in [-0.2, -0.15) is 0 Å². The van der Waals surface area contributed by atoms with Gasteiger partial charge >= 0.3 is 5.97 Å². The summed E-state index contributed by atoms with van der Waals surface area (Å²) in [5.74, 6) is -4.45. The van der Waals surface area contributed by atoms with Crippen LogP contribution in [0.4, 0.5) is 8.78 Å². The predicted molar refractivity (Wildman–Crippen MR) is 39.1 cm³/mol. The molecule has 0 heterocycles. The van der Waals surface area contributed by atoms with E-state index in [1.807, 2.05) is 0 Å². The quantitative estimate of drug-likeness (QED) is 0.718. The summed E-state index contributed by atoms with van der Waals surface area (Å²) < 4.78 is 24.7. The van der Waals surface area contributed by atoms with Crippen LogP contribution in [0.3, 0.4) is 0 Å². The monoisotopic (exact) mass is 178 g/mol. The molecule has 0 aromatic heterocycles. The van der Waals surface area contributed by atoms with E-state index >= 15 is 0 Å². The van der Waals surface area contributed by atoms with E-state index < -0.39 is 17.8 Å². The van der Waals surface area contributed by atoms with E-state index in [1.54, 1.807) is 6.92 Å². The maximum Gasteiger partial charge on any atom is 0.306 e. The Balaban J connectivity index is 2.45. The lowest BCUT2D eigenvalue weighted by atomic mass is 9.72. The summed E-state index contributed by atoms with van der Waals surface area (Å²) in [5.41, 5.74) is 0. The summed E-state index contributed by atoms with van der Waals surface area (Å²) >= 11 is 0. The van der Waals surface area contributed by atoms with E-state index in [1.165, 1.54) is 0 Å². The first-order valence-electron chi connectivity index (χ1n) is 4.07. The Kier molecular flexibility index (Phi) is 2.35. The van der Waals surface area contributed by atoms with Crippen molar-refractivity contribution in [2.75, 3.05) is 0 Å². The summed E-state index contributed by atoms with van der Waals surface area (Å²) in [6.07, 6.45) is -0.0638. The highest BCUT2D eigenvalue weighted by atomic mass is 19.3. The van der Waals surface area contributed by atoms with Gasteiger partial charge in [0.1, 0.15) is 0 Å². The van der Waals surface area contributed by atoms with Crippen molar-refractivity contribution < 1.29 is 18.7 Å². The highest BCUT2D eigenvalue weighted by Gasteiger charge is 2.49. The molecule has 1 unspecified atom stereocenters. The molecule has 0 bridgehead atoms. The number of carboxylic acid groups (broad SMARTS) is 1. The average Bonchev–Trinajstić information content (AvgIpc) is 1.84. The predicted octanol–water partition coefficient (Wildman–Crippen LogP) is 2.14. The first kappa shape index (κ1) is 9.42. The highest BCUT2D eigenvalue weighted by Crippen LogP contribution is 2.46. The van der Waals surface area contributed by atoms with Crippen LogP contribution in [0.1, 0.15) is 26.2 Å². The first-order valence-corrected chi connectivity index (χ1v) is 4.07. The zero-order valence-corrected chi connectivity index (χ0v) is 6.89. The lowest BCUT2D eigenvalue weighted by Crippen LogP contribution is -2.41. The van der Waals surface area contributed by atoms with Gasteiger partial charge in [0.05, 0.1) is 5.92 Å². The minimum Gasteiger partial charge on any atom is -0.481 e. The van der Waals surface area contributed by atoms with Gasteiger partial charge < -0.3 is 5.11 Å². The minimum atomic E-state index is -2.60. The molecule has 4 heteroatoms. The lowest BCUT2D eigenvalue weighted by Gasteiger charge is -2.38. The fourth-order valence-electron chi connectivity index (χ4n) is 1.70. The molecule has 0 amide bonds. The molecule has 0 saturated heterocycles.